The monoisotopic (exact) mass is 276 g/mol. The minimum atomic E-state index is 0.595. The number of benzene rings is 1. The van der Waals surface area contributed by atoms with E-state index in [2.05, 4.69) is 18.7 Å². The van der Waals surface area contributed by atoms with Crippen molar-refractivity contribution in [2.24, 2.45) is 0 Å². The summed E-state index contributed by atoms with van der Waals surface area (Å²) in [4.78, 5) is 0. The van der Waals surface area contributed by atoms with Crippen molar-refractivity contribution in [1.29, 1.82) is 0 Å². The minimum absolute atomic E-state index is 0.595. The lowest BCUT2D eigenvalue weighted by molar-refractivity contribution is 0.127. The van der Waals surface area contributed by atoms with Crippen LogP contribution >= 0.6 is 11.6 Å². The highest BCUT2D eigenvalue weighted by Gasteiger charge is 1.97. The molecule has 1 aromatic carbocycles. The number of aryl methyl sites for hydroxylation is 1. The van der Waals surface area contributed by atoms with Gasteiger partial charge in [0, 0.05) is 18.2 Å². The highest BCUT2D eigenvalue weighted by Crippen LogP contribution is 2.17. The van der Waals surface area contributed by atoms with E-state index in [9.17, 15) is 0 Å². The second-order valence-electron chi connectivity index (χ2n) is 4.67. The molecule has 0 saturated heterocycles. The maximum absolute atomic E-state index is 5.83. The molecule has 0 amide bonds. The molecule has 0 unspecified atom stereocenters. The number of unbranched alkanes of at least 4 members (excludes halogenated alkanes) is 2. The number of rotatable bonds is 10. The van der Waals surface area contributed by atoms with Gasteiger partial charge in [-0.25, -0.2) is 0 Å². The van der Waals surface area contributed by atoms with Crippen molar-refractivity contribution in [3.8, 4) is 0 Å². The molecule has 0 N–H and O–H groups in total. The molecule has 1 nitrogen and oxygen atoms in total. The maximum atomic E-state index is 5.83. The van der Waals surface area contributed by atoms with E-state index < -0.39 is 0 Å². The van der Waals surface area contributed by atoms with Crippen molar-refractivity contribution >= 4 is 24.5 Å². The van der Waals surface area contributed by atoms with Crippen molar-refractivity contribution in [3.63, 3.8) is 0 Å². The zero-order chi connectivity index (χ0) is 13.9. The van der Waals surface area contributed by atoms with Crippen LogP contribution in [0.4, 0.5) is 0 Å². The molecule has 0 fully saturated rings. The highest BCUT2D eigenvalue weighted by atomic mass is 35.5. The second-order valence-corrected chi connectivity index (χ2v) is 5.12. The summed E-state index contributed by atoms with van der Waals surface area (Å²) in [5.41, 5.74) is 2.33. The van der Waals surface area contributed by atoms with Gasteiger partial charge in [-0.3, -0.25) is 0 Å². The first-order chi connectivity index (χ1) is 9.24. The van der Waals surface area contributed by atoms with E-state index in [4.69, 9.17) is 24.2 Å². The summed E-state index contributed by atoms with van der Waals surface area (Å²) in [7, 11) is 5.42. The fourth-order valence-electron chi connectivity index (χ4n) is 1.84. The van der Waals surface area contributed by atoms with Gasteiger partial charge in [0.2, 0.25) is 0 Å². The van der Waals surface area contributed by atoms with Crippen LogP contribution in [0.2, 0.25) is 6.32 Å². The summed E-state index contributed by atoms with van der Waals surface area (Å²) in [5.74, 6) is 0. The summed E-state index contributed by atoms with van der Waals surface area (Å²) >= 11 is 5.83. The van der Waals surface area contributed by atoms with Gasteiger partial charge in [-0.05, 0) is 36.8 Å². The largest absolute Gasteiger partial charge is 0.381 e. The van der Waals surface area contributed by atoms with E-state index >= 15 is 0 Å². The third kappa shape index (κ3) is 7.44. The SMILES string of the molecule is [B]CCCCOCCCCc1ccc(C(=C)Cl)cc1. The van der Waals surface area contributed by atoms with E-state index in [0.717, 1.165) is 57.2 Å². The van der Waals surface area contributed by atoms with E-state index in [1.807, 2.05) is 12.1 Å². The van der Waals surface area contributed by atoms with Crippen LogP contribution in [-0.2, 0) is 11.2 Å². The zero-order valence-electron chi connectivity index (χ0n) is 11.5. The first-order valence-electron chi connectivity index (χ1n) is 6.95. The first-order valence-corrected chi connectivity index (χ1v) is 7.33. The second kappa shape index (κ2) is 10.1. The third-order valence-electron chi connectivity index (χ3n) is 3.01. The van der Waals surface area contributed by atoms with Crippen molar-refractivity contribution in [2.75, 3.05) is 13.2 Å². The van der Waals surface area contributed by atoms with Crippen LogP contribution in [-0.4, -0.2) is 21.1 Å². The van der Waals surface area contributed by atoms with E-state index in [0.29, 0.717) is 5.03 Å². The Morgan fingerprint density at radius 1 is 1.05 bits per heavy atom. The normalized spacial score (nSPS) is 10.6. The Labute approximate surface area is 123 Å². The fraction of sp³-hybridized carbons (Fsp3) is 0.500. The molecule has 1 aromatic rings. The Morgan fingerprint density at radius 2 is 1.68 bits per heavy atom. The zero-order valence-corrected chi connectivity index (χ0v) is 12.3. The Bertz CT molecular complexity index is 362. The Morgan fingerprint density at radius 3 is 2.26 bits per heavy atom. The standard InChI is InChI=1S/C16H22BClO/c1-14(18)16-9-7-15(8-10-16)6-2-4-12-19-13-5-3-11-17/h7-10H,1-6,11-13H2. The number of ether oxygens (including phenoxy) is 1. The number of hydrogen-bond acceptors (Lipinski definition) is 1. The third-order valence-corrected chi connectivity index (χ3v) is 3.23. The van der Waals surface area contributed by atoms with Gasteiger partial charge in [-0.15, -0.1) is 0 Å². The van der Waals surface area contributed by atoms with Crippen molar-refractivity contribution in [3.05, 3.63) is 42.0 Å². The average molecular weight is 277 g/mol. The average Bonchev–Trinajstić information content (AvgIpc) is 2.42. The molecule has 3 heteroatoms. The Hall–Kier alpha value is -0.725. The van der Waals surface area contributed by atoms with Gasteiger partial charge >= 0.3 is 0 Å². The van der Waals surface area contributed by atoms with Crippen molar-refractivity contribution < 1.29 is 4.74 Å². The molecule has 2 radical (unpaired) electrons. The van der Waals surface area contributed by atoms with Gasteiger partial charge < -0.3 is 4.74 Å². The summed E-state index contributed by atoms with van der Waals surface area (Å²) in [6.45, 7) is 5.40. The van der Waals surface area contributed by atoms with Crippen molar-refractivity contribution in [1.82, 2.24) is 0 Å². The summed E-state index contributed by atoms with van der Waals surface area (Å²) < 4.78 is 5.54. The fourth-order valence-corrected chi connectivity index (χ4v) is 1.96. The van der Waals surface area contributed by atoms with Gasteiger partial charge in [0.25, 0.3) is 0 Å². The molecular formula is C16H22BClO. The lowest BCUT2D eigenvalue weighted by Crippen LogP contribution is -1.98. The van der Waals surface area contributed by atoms with Crippen LogP contribution in [0.1, 0.15) is 36.8 Å². The molecule has 0 aliphatic carbocycles. The van der Waals surface area contributed by atoms with Crippen LogP contribution in [0, 0.1) is 0 Å². The van der Waals surface area contributed by atoms with Crippen LogP contribution in [0.3, 0.4) is 0 Å². The molecule has 0 saturated carbocycles. The molecular weight excluding hydrogens is 254 g/mol. The molecule has 0 aromatic heterocycles. The Balaban J connectivity index is 2.07. The van der Waals surface area contributed by atoms with E-state index in [1.54, 1.807) is 0 Å². The van der Waals surface area contributed by atoms with Gasteiger partial charge in [-0.1, -0.05) is 55.2 Å². The molecule has 0 aliphatic heterocycles. The van der Waals surface area contributed by atoms with Crippen molar-refractivity contribution in [2.45, 2.75) is 38.4 Å². The molecule has 0 heterocycles. The van der Waals surface area contributed by atoms with E-state index in [1.165, 1.54) is 5.56 Å². The van der Waals surface area contributed by atoms with Crippen LogP contribution in [0.5, 0.6) is 0 Å². The summed E-state index contributed by atoms with van der Waals surface area (Å²) in [6, 6.07) is 8.28. The molecule has 0 aliphatic rings. The molecule has 102 valence electrons. The first kappa shape index (κ1) is 16.3. The molecule has 0 spiro atoms. The quantitative estimate of drug-likeness (QED) is 0.448. The predicted molar refractivity (Wildman–Crippen MR) is 84.9 cm³/mol. The summed E-state index contributed by atoms with van der Waals surface area (Å²) in [6.07, 6.45) is 6.22. The highest BCUT2D eigenvalue weighted by molar-refractivity contribution is 6.48. The van der Waals surface area contributed by atoms with Crippen LogP contribution in [0.25, 0.3) is 5.03 Å². The lowest BCUT2D eigenvalue weighted by Gasteiger charge is -2.05. The summed E-state index contributed by atoms with van der Waals surface area (Å²) in [5, 5.41) is 0.595. The Kier molecular flexibility index (Phi) is 8.69. The van der Waals surface area contributed by atoms with Crippen LogP contribution < -0.4 is 0 Å². The minimum Gasteiger partial charge on any atom is -0.381 e. The number of halogens is 1. The lowest BCUT2D eigenvalue weighted by atomic mass is 10.0. The molecule has 1 rings (SSSR count). The topological polar surface area (TPSA) is 9.23 Å². The van der Waals surface area contributed by atoms with Gasteiger partial charge in [0.1, 0.15) is 0 Å². The smallest absolute Gasteiger partial charge is 0.0653 e. The molecule has 0 atom stereocenters. The number of hydrogen-bond donors (Lipinski definition) is 0. The van der Waals surface area contributed by atoms with Gasteiger partial charge in [-0.2, -0.15) is 0 Å². The van der Waals surface area contributed by atoms with E-state index in [-0.39, 0.29) is 0 Å². The molecule has 0 bridgehead atoms. The van der Waals surface area contributed by atoms with Gasteiger partial charge in [0.15, 0.2) is 0 Å². The maximum Gasteiger partial charge on any atom is 0.0653 e. The van der Waals surface area contributed by atoms with Crippen LogP contribution in [0.15, 0.2) is 30.8 Å². The molecule has 19 heavy (non-hydrogen) atoms. The van der Waals surface area contributed by atoms with Gasteiger partial charge in [0.05, 0.1) is 7.85 Å². The predicted octanol–water partition coefficient (Wildman–Crippen LogP) is 4.60.